The Morgan fingerprint density at radius 2 is 1.89 bits per heavy atom. The van der Waals surface area contributed by atoms with E-state index < -0.39 is 0 Å². The van der Waals surface area contributed by atoms with Crippen LogP contribution in [0.25, 0.3) is 0 Å². The van der Waals surface area contributed by atoms with Crippen molar-refractivity contribution in [2.45, 2.75) is 58.0 Å². The van der Waals surface area contributed by atoms with Crippen LogP contribution >= 0.6 is 24.0 Å². The maximum Gasteiger partial charge on any atom is 0.191 e. The molecule has 1 heterocycles. The Labute approximate surface area is 186 Å². The molecule has 4 nitrogen and oxygen atoms in total. The molecule has 28 heavy (non-hydrogen) atoms. The van der Waals surface area contributed by atoms with E-state index in [4.69, 9.17) is 4.74 Å². The smallest absolute Gasteiger partial charge is 0.191 e. The molecule has 158 valence electrons. The topological polar surface area (TPSA) is 45.7 Å². The lowest BCUT2D eigenvalue weighted by atomic mass is 9.78. The van der Waals surface area contributed by atoms with E-state index in [1.165, 1.54) is 12.0 Å². The van der Waals surface area contributed by atoms with Gasteiger partial charge in [-0.15, -0.1) is 24.0 Å². The van der Waals surface area contributed by atoms with Gasteiger partial charge in [0.15, 0.2) is 5.96 Å². The van der Waals surface area contributed by atoms with Gasteiger partial charge in [-0.3, -0.25) is 4.99 Å². The summed E-state index contributed by atoms with van der Waals surface area (Å²) >= 11 is 0. The van der Waals surface area contributed by atoms with Crippen LogP contribution in [0.1, 0.15) is 52.0 Å². The summed E-state index contributed by atoms with van der Waals surface area (Å²) in [6.45, 7) is 9.31. The molecular weight excluding hydrogens is 468 g/mol. The van der Waals surface area contributed by atoms with Gasteiger partial charge in [0.2, 0.25) is 0 Å². The Bertz CT molecular complexity index is 653. The van der Waals surface area contributed by atoms with Gasteiger partial charge in [0.05, 0.1) is 6.10 Å². The van der Waals surface area contributed by atoms with Crippen molar-refractivity contribution in [3.8, 4) is 0 Å². The number of hydrogen-bond donors (Lipinski definition) is 2. The Hall–Kier alpha value is -0.890. The van der Waals surface area contributed by atoms with Crippen molar-refractivity contribution in [3.63, 3.8) is 0 Å². The van der Waals surface area contributed by atoms with Crippen LogP contribution in [0.5, 0.6) is 0 Å². The minimum atomic E-state index is -0.178. The summed E-state index contributed by atoms with van der Waals surface area (Å²) in [7, 11) is 1.81. The van der Waals surface area contributed by atoms with Crippen LogP contribution in [0.2, 0.25) is 0 Å². The fourth-order valence-corrected chi connectivity index (χ4v) is 4.23. The molecule has 2 aliphatic rings. The minimum absolute atomic E-state index is 0. The molecule has 2 fully saturated rings. The Balaban J connectivity index is 0.00000280. The number of rotatable bonds is 5. The standard InChI is InChI=1S/C22H34FN3O.HI/c1-21(2,3)19-16(6-5-13-27-19)14-25-20(24-4)26-15-22(11-12-22)17-7-9-18(23)10-8-17;/h7-10,16,19H,5-6,11-15H2,1-4H3,(H2,24,25,26);1H. The van der Waals surface area contributed by atoms with Crippen LogP contribution in [-0.4, -0.2) is 38.8 Å². The highest BCUT2D eigenvalue weighted by Gasteiger charge is 2.44. The minimum Gasteiger partial charge on any atom is -0.377 e. The van der Waals surface area contributed by atoms with Crippen LogP contribution in [0.15, 0.2) is 29.3 Å². The summed E-state index contributed by atoms with van der Waals surface area (Å²) in [5.41, 5.74) is 1.47. The van der Waals surface area contributed by atoms with E-state index in [9.17, 15) is 4.39 Å². The third-order valence-corrected chi connectivity index (χ3v) is 5.96. The van der Waals surface area contributed by atoms with Crippen LogP contribution in [0, 0.1) is 17.2 Å². The van der Waals surface area contributed by atoms with Gasteiger partial charge in [0, 0.05) is 38.1 Å². The van der Waals surface area contributed by atoms with Crippen molar-refractivity contribution < 1.29 is 9.13 Å². The Morgan fingerprint density at radius 3 is 2.46 bits per heavy atom. The maximum atomic E-state index is 13.2. The second-order valence-electron chi connectivity index (χ2n) is 9.15. The summed E-state index contributed by atoms with van der Waals surface area (Å²) in [5, 5.41) is 6.98. The van der Waals surface area contributed by atoms with Crippen LogP contribution in [0.3, 0.4) is 0 Å². The van der Waals surface area contributed by atoms with Crippen molar-refractivity contribution in [2.75, 3.05) is 26.7 Å². The molecule has 2 unspecified atom stereocenters. The summed E-state index contributed by atoms with van der Waals surface area (Å²) in [6, 6.07) is 6.93. The molecule has 1 aliphatic heterocycles. The molecule has 1 aliphatic carbocycles. The molecule has 0 spiro atoms. The van der Waals surface area contributed by atoms with Gasteiger partial charge in [0.25, 0.3) is 0 Å². The molecule has 2 N–H and O–H groups in total. The largest absolute Gasteiger partial charge is 0.377 e. The van der Waals surface area contributed by atoms with E-state index in [0.717, 1.165) is 44.9 Å². The molecule has 1 aromatic carbocycles. The number of benzene rings is 1. The quantitative estimate of drug-likeness (QED) is 0.354. The number of ether oxygens (including phenoxy) is 1. The lowest BCUT2D eigenvalue weighted by Crippen LogP contribution is -2.48. The lowest BCUT2D eigenvalue weighted by Gasteiger charge is -2.40. The molecule has 6 heteroatoms. The first-order valence-electron chi connectivity index (χ1n) is 10.2. The molecular formula is C22H35FIN3O. The van der Waals surface area contributed by atoms with Crippen molar-refractivity contribution in [1.82, 2.24) is 10.6 Å². The number of aliphatic imine (C=N–C) groups is 1. The summed E-state index contributed by atoms with van der Waals surface area (Å²) in [6.07, 6.45) is 4.84. The van der Waals surface area contributed by atoms with Gasteiger partial charge in [-0.05, 0) is 48.8 Å². The normalized spacial score (nSPS) is 24.2. The highest BCUT2D eigenvalue weighted by Crippen LogP contribution is 2.47. The van der Waals surface area contributed by atoms with Crippen molar-refractivity contribution in [3.05, 3.63) is 35.6 Å². The predicted molar refractivity (Wildman–Crippen MR) is 124 cm³/mol. The zero-order valence-corrected chi connectivity index (χ0v) is 19.9. The third kappa shape index (κ3) is 5.81. The average Bonchev–Trinajstić information content (AvgIpc) is 3.43. The van der Waals surface area contributed by atoms with E-state index in [1.807, 2.05) is 19.2 Å². The van der Waals surface area contributed by atoms with Gasteiger partial charge < -0.3 is 15.4 Å². The van der Waals surface area contributed by atoms with Gasteiger partial charge in [-0.25, -0.2) is 4.39 Å². The van der Waals surface area contributed by atoms with Crippen molar-refractivity contribution in [1.29, 1.82) is 0 Å². The fraction of sp³-hybridized carbons (Fsp3) is 0.682. The van der Waals surface area contributed by atoms with Gasteiger partial charge >= 0.3 is 0 Å². The maximum absolute atomic E-state index is 13.2. The highest BCUT2D eigenvalue weighted by atomic mass is 127. The number of guanidine groups is 1. The zero-order chi connectivity index (χ0) is 19.5. The van der Waals surface area contributed by atoms with Crippen LogP contribution in [-0.2, 0) is 10.2 Å². The number of hydrogen-bond acceptors (Lipinski definition) is 2. The van der Waals surface area contributed by atoms with E-state index in [2.05, 4.69) is 36.4 Å². The van der Waals surface area contributed by atoms with Gasteiger partial charge in [-0.1, -0.05) is 32.9 Å². The number of nitrogens with one attached hydrogen (secondary N) is 2. The molecule has 1 aromatic rings. The monoisotopic (exact) mass is 503 g/mol. The molecule has 0 radical (unpaired) electrons. The second kappa shape index (κ2) is 9.74. The summed E-state index contributed by atoms with van der Waals surface area (Å²) in [4.78, 5) is 4.39. The molecule has 0 aromatic heterocycles. The molecule has 1 saturated heterocycles. The first-order chi connectivity index (χ1) is 12.8. The first-order valence-corrected chi connectivity index (χ1v) is 10.2. The SMILES string of the molecule is CN=C(NCC1CCCOC1C(C)(C)C)NCC1(c2ccc(F)cc2)CC1.I. The molecule has 0 bridgehead atoms. The van der Waals surface area contributed by atoms with Crippen LogP contribution < -0.4 is 10.6 Å². The molecule has 0 amide bonds. The van der Waals surface area contributed by atoms with Crippen molar-refractivity contribution in [2.24, 2.45) is 16.3 Å². The number of halogens is 2. The lowest BCUT2D eigenvalue weighted by molar-refractivity contribution is -0.0835. The fourth-order valence-electron chi connectivity index (χ4n) is 4.23. The summed E-state index contributed by atoms with van der Waals surface area (Å²) in [5.74, 6) is 1.15. The first kappa shape index (κ1) is 23.4. The average molecular weight is 503 g/mol. The predicted octanol–water partition coefficient (Wildman–Crippen LogP) is 4.48. The Morgan fingerprint density at radius 1 is 1.21 bits per heavy atom. The van der Waals surface area contributed by atoms with E-state index in [0.29, 0.717) is 5.92 Å². The van der Waals surface area contributed by atoms with Crippen molar-refractivity contribution >= 4 is 29.9 Å². The van der Waals surface area contributed by atoms with E-state index >= 15 is 0 Å². The summed E-state index contributed by atoms with van der Waals surface area (Å²) < 4.78 is 19.3. The molecule has 1 saturated carbocycles. The Kier molecular flexibility index (Phi) is 8.14. The second-order valence-corrected chi connectivity index (χ2v) is 9.15. The van der Waals surface area contributed by atoms with Gasteiger partial charge in [0.1, 0.15) is 5.82 Å². The molecule has 2 atom stereocenters. The van der Waals surface area contributed by atoms with E-state index in [1.54, 1.807) is 12.1 Å². The van der Waals surface area contributed by atoms with Crippen LogP contribution in [0.4, 0.5) is 4.39 Å². The third-order valence-electron chi connectivity index (χ3n) is 5.96. The van der Waals surface area contributed by atoms with Gasteiger partial charge in [-0.2, -0.15) is 0 Å². The molecule has 3 rings (SSSR count). The zero-order valence-electron chi connectivity index (χ0n) is 17.6. The highest BCUT2D eigenvalue weighted by molar-refractivity contribution is 14.0. The van der Waals surface area contributed by atoms with E-state index in [-0.39, 0.29) is 46.7 Å². The number of nitrogens with zero attached hydrogens (tertiary/aromatic N) is 1.